The number of esters is 2. The summed E-state index contributed by atoms with van der Waals surface area (Å²) in [6, 6.07) is 11.4. The van der Waals surface area contributed by atoms with E-state index in [2.05, 4.69) is 6.58 Å². The summed E-state index contributed by atoms with van der Waals surface area (Å²) in [5, 5.41) is 0. The van der Waals surface area contributed by atoms with E-state index in [-0.39, 0.29) is 19.0 Å². The molecule has 30 heavy (non-hydrogen) atoms. The molecule has 0 atom stereocenters. The van der Waals surface area contributed by atoms with E-state index in [0.717, 1.165) is 17.2 Å². The number of carbonyl (C=O) groups is 3. The molecule has 0 aromatic heterocycles. The van der Waals surface area contributed by atoms with E-state index in [1.165, 1.54) is 24.3 Å². The maximum Gasteiger partial charge on any atom is 0.513 e. The molecule has 0 aliphatic carbocycles. The Hall–Kier alpha value is -3.61. The van der Waals surface area contributed by atoms with Crippen LogP contribution in [0.15, 0.2) is 55.1 Å². The summed E-state index contributed by atoms with van der Waals surface area (Å²) in [7, 11) is 0. The number of aryl methyl sites for hydroxylation is 2. The molecule has 0 spiro atoms. The Morgan fingerprint density at radius 1 is 0.833 bits per heavy atom. The van der Waals surface area contributed by atoms with Gasteiger partial charge >= 0.3 is 18.1 Å². The van der Waals surface area contributed by atoms with Crippen LogP contribution in [0.3, 0.4) is 0 Å². The smallest absolute Gasteiger partial charge is 0.463 e. The van der Waals surface area contributed by atoms with Crippen LogP contribution < -0.4 is 9.47 Å². The van der Waals surface area contributed by atoms with Crippen LogP contribution in [0.5, 0.6) is 11.5 Å². The van der Waals surface area contributed by atoms with Gasteiger partial charge in [0.05, 0.1) is 18.8 Å². The molecule has 0 unspecified atom stereocenters. The van der Waals surface area contributed by atoms with Crippen LogP contribution in [0.2, 0.25) is 0 Å². The van der Waals surface area contributed by atoms with Crippen LogP contribution in [0, 0.1) is 13.8 Å². The van der Waals surface area contributed by atoms with Crippen LogP contribution in [0.1, 0.15) is 34.3 Å². The minimum absolute atomic E-state index is 0.130. The van der Waals surface area contributed by atoms with Gasteiger partial charge in [-0.15, -0.1) is 0 Å². The predicted octanol–water partition coefficient (Wildman–Crippen LogP) is 4.55. The summed E-state index contributed by atoms with van der Waals surface area (Å²) in [5.74, 6) is -0.296. The lowest BCUT2D eigenvalue weighted by Crippen LogP contribution is -2.12. The van der Waals surface area contributed by atoms with Crippen molar-refractivity contribution in [2.75, 3.05) is 13.2 Å². The van der Waals surface area contributed by atoms with Gasteiger partial charge in [0.2, 0.25) is 0 Å². The standard InChI is InChI=1S/C23H24O7/c1-4-21(24)27-13-5-6-14-28-23(26)30-19-11-8-18(9-12-19)22(25)29-20-10-7-16(2)17(3)15-20/h4,7-12,15H,1,5-6,13-14H2,2-3H3. The van der Waals surface area contributed by atoms with Crippen molar-refractivity contribution >= 4 is 18.1 Å². The third-order valence-corrected chi connectivity index (χ3v) is 4.15. The van der Waals surface area contributed by atoms with Crippen molar-refractivity contribution < 1.29 is 33.3 Å². The lowest BCUT2D eigenvalue weighted by molar-refractivity contribution is -0.137. The fourth-order valence-corrected chi connectivity index (χ4v) is 2.32. The van der Waals surface area contributed by atoms with Crippen molar-refractivity contribution in [2.24, 2.45) is 0 Å². The third-order valence-electron chi connectivity index (χ3n) is 4.15. The molecule has 0 aliphatic rings. The van der Waals surface area contributed by atoms with Crippen molar-refractivity contribution in [3.05, 3.63) is 71.8 Å². The lowest BCUT2D eigenvalue weighted by atomic mass is 10.1. The van der Waals surface area contributed by atoms with Crippen molar-refractivity contribution in [3.8, 4) is 11.5 Å². The summed E-state index contributed by atoms with van der Waals surface area (Å²) in [6.45, 7) is 7.57. The highest BCUT2D eigenvalue weighted by atomic mass is 16.7. The van der Waals surface area contributed by atoms with Crippen LogP contribution in [-0.4, -0.2) is 31.3 Å². The molecular weight excluding hydrogens is 388 g/mol. The Balaban J connectivity index is 1.74. The van der Waals surface area contributed by atoms with Gasteiger partial charge in [0.15, 0.2) is 0 Å². The second kappa shape index (κ2) is 11.4. The van der Waals surface area contributed by atoms with Crippen LogP contribution in [-0.2, 0) is 14.3 Å². The molecule has 2 aromatic rings. The molecule has 0 bridgehead atoms. The largest absolute Gasteiger partial charge is 0.513 e. The normalized spacial score (nSPS) is 10.1. The topological polar surface area (TPSA) is 88.1 Å². The minimum atomic E-state index is -0.858. The average molecular weight is 412 g/mol. The number of carbonyl (C=O) groups excluding carboxylic acids is 3. The summed E-state index contributed by atoms with van der Waals surface area (Å²) < 4.78 is 20.2. The first kappa shape index (κ1) is 22.7. The molecule has 158 valence electrons. The van der Waals surface area contributed by atoms with Gasteiger partial charge in [0, 0.05) is 6.08 Å². The van der Waals surface area contributed by atoms with E-state index < -0.39 is 18.1 Å². The van der Waals surface area contributed by atoms with Crippen molar-refractivity contribution in [1.82, 2.24) is 0 Å². The number of unbranched alkanes of at least 4 members (excludes halogenated alkanes) is 1. The van der Waals surface area contributed by atoms with Crippen molar-refractivity contribution in [1.29, 1.82) is 0 Å². The zero-order valence-electron chi connectivity index (χ0n) is 17.0. The molecule has 7 heteroatoms. The molecule has 0 aliphatic heterocycles. The van der Waals surface area contributed by atoms with Crippen molar-refractivity contribution in [3.63, 3.8) is 0 Å². The highest BCUT2D eigenvalue weighted by molar-refractivity contribution is 5.91. The molecule has 0 radical (unpaired) electrons. The maximum absolute atomic E-state index is 12.2. The SMILES string of the molecule is C=CC(=O)OCCCCOC(=O)Oc1ccc(C(=O)Oc2ccc(C)c(C)c2)cc1. The molecule has 2 aromatic carbocycles. The highest BCUT2D eigenvalue weighted by Crippen LogP contribution is 2.19. The molecule has 7 nitrogen and oxygen atoms in total. The summed E-state index contributed by atoms with van der Waals surface area (Å²) in [5.41, 5.74) is 2.46. The van der Waals surface area contributed by atoms with Gasteiger partial charge in [0.1, 0.15) is 11.5 Å². The Bertz CT molecular complexity index is 900. The zero-order valence-corrected chi connectivity index (χ0v) is 17.0. The van der Waals surface area contributed by atoms with Gasteiger partial charge in [-0.05, 0) is 74.2 Å². The van der Waals surface area contributed by atoms with Crippen molar-refractivity contribution in [2.45, 2.75) is 26.7 Å². The molecule has 0 N–H and O–H groups in total. The quantitative estimate of drug-likeness (QED) is 0.196. The Morgan fingerprint density at radius 3 is 2.10 bits per heavy atom. The Labute approximate surface area is 175 Å². The number of rotatable bonds is 9. The first-order chi connectivity index (χ1) is 14.4. The van der Waals surface area contributed by atoms with E-state index >= 15 is 0 Å². The Kier molecular flexibility index (Phi) is 8.62. The van der Waals surface area contributed by atoms with E-state index in [1.54, 1.807) is 12.1 Å². The minimum Gasteiger partial charge on any atom is -0.463 e. The van der Waals surface area contributed by atoms with Gasteiger partial charge < -0.3 is 18.9 Å². The fraction of sp³-hybridized carbons (Fsp3) is 0.261. The zero-order chi connectivity index (χ0) is 21.9. The molecule has 0 saturated heterocycles. The van der Waals surface area contributed by atoms with E-state index in [0.29, 0.717) is 24.2 Å². The average Bonchev–Trinajstić information content (AvgIpc) is 2.73. The van der Waals surface area contributed by atoms with Gasteiger partial charge in [-0.3, -0.25) is 0 Å². The lowest BCUT2D eigenvalue weighted by Gasteiger charge is -2.08. The predicted molar refractivity (Wildman–Crippen MR) is 110 cm³/mol. The third kappa shape index (κ3) is 7.43. The molecule has 0 saturated carbocycles. The molecule has 0 heterocycles. The second-order valence-corrected chi connectivity index (χ2v) is 6.44. The highest BCUT2D eigenvalue weighted by Gasteiger charge is 2.11. The number of hydrogen-bond acceptors (Lipinski definition) is 7. The fourth-order valence-electron chi connectivity index (χ4n) is 2.32. The number of benzene rings is 2. The van der Waals surface area contributed by atoms with Gasteiger partial charge in [0.25, 0.3) is 0 Å². The van der Waals surface area contributed by atoms with Gasteiger partial charge in [-0.1, -0.05) is 12.6 Å². The van der Waals surface area contributed by atoms with Gasteiger partial charge in [-0.25, -0.2) is 14.4 Å². The summed E-state index contributed by atoms with van der Waals surface area (Å²) in [4.78, 5) is 34.8. The summed E-state index contributed by atoms with van der Waals surface area (Å²) in [6.07, 6.45) is 1.29. The second-order valence-electron chi connectivity index (χ2n) is 6.44. The van der Waals surface area contributed by atoms with Crippen LogP contribution in [0.25, 0.3) is 0 Å². The van der Waals surface area contributed by atoms with Gasteiger partial charge in [-0.2, -0.15) is 0 Å². The monoisotopic (exact) mass is 412 g/mol. The maximum atomic E-state index is 12.2. The summed E-state index contributed by atoms with van der Waals surface area (Å²) >= 11 is 0. The Morgan fingerprint density at radius 2 is 1.47 bits per heavy atom. The van der Waals surface area contributed by atoms with E-state index in [9.17, 15) is 14.4 Å². The van der Waals surface area contributed by atoms with Crippen LogP contribution >= 0.6 is 0 Å². The molecule has 0 amide bonds. The molecule has 2 rings (SSSR count). The first-order valence-corrected chi connectivity index (χ1v) is 9.42. The van der Waals surface area contributed by atoms with E-state index in [1.807, 2.05) is 19.9 Å². The van der Waals surface area contributed by atoms with Crippen LogP contribution in [0.4, 0.5) is 4.79 Å². The molecule has 0 fully saturated rings. The first-order valence-electron chi connectivity index (χ1n) is 9.42. The number of hydrogen-bond donors (Lipinski definition) is 0. The number of ether oxygens (including phenoxy) is 4. The van der Waals surface area contributed by atoms with E-state index in [4.69, 9.17) is 18.9 Å². The molecular formula is C23H24O7.